The third-order valence-electron chi connectivity index (χ3n) is 4.44. The highest BCUT2D eigenvalue weighted by Gasteiger charge is 2.44. The van der Waals surface area contributed by atoms with E-state index in [1.54, 1.807) is 0 Å². The van der Waals surface area contributed by atoms with Crippen molar-refractivity contribution in [2.75, 3.05) is 6.16 Å². The van der Waals surface area contributed by atoms with Crippen LogP contribution < -0.4 is 15.9 Å². The van der Waals surface area contributed by atoms with Gasteiger partial charge in [0.25, 0.3) is 0 Å². The second-order valence-corrected chi connectivity index (χ2v) is 14.2. The third-order valence-corrected chi connectivity index (χ3v) is 8.96. The lowest BCUT2D eigenvalue weighted by molar-refractivity contribution is 0.891. The lowest BCUT2D eigenvalue weighted by Gasteiger charge is -2.27. The molecule has 3 aromatic carbocycles. The maximum atomic E-state index is 2.98. The number of hydrogen-bond acceptors (Lipinski definition) is 1. The van der Waals surface area contributed by atoms with Crippen molar-refractivity contribution >= 4 is 61.4 Å². The summed E-state index contributed by atoms with van der Waals surface area (Å²) in [6, 6.07) is 33.4. The second kappa shape index (κ2) is 12.0. The molecule has 4 heteroatoms. The monoisotopic (exact) mass is 509 g/mol. The molecule has 0 unspecified atom stereocenters. The van der Waals surface area contributed by atoms with Gasteiger partial charge in [-0.2, -0.15) is 0 Å². The van der Waals surface area contributed by atoms with Crippen LogP contribution in [0.4, 0.5) is 0 Å². The van der Waals surface area contributed by atoms with Gasteiger partial charge in [0.15, 0.2) is 0 Å². The van der Waals surface area contributed by atoms with Gasteiger partial charge < -0.3 is 0 Å². The van der Waals surface area contributed by atoms with Crippen LogP contribution in [-0.2, 0) is 0 Å². The van der Waals surface area contributed by atoms with Crippen molar-refractivity contribution in [1.82, 2.24) is 0 Å². The second-order valence-electron chi connectivity index (χ2n) is 5.95. The molecule has 0 aromatic heterocycles. The SMILES string of the molecule is BrSBr.CCCC[P+](c1ccccc1)(c1ccccc1)c1ccccc1. The summed E-state index contributed by atoms with van der Waals surface area (Å²) in [5, 5.41) is 4.47. The summed E-state index contributed by atoms with van der Waals surface area (Å²) in [5.41, 5.74) is 0. The molecule has 0 heterocycles. The highest BCUT2D eigenvalue weighted by Crippen LogP contribution is 2.55. The van der Waals surface area contributed by atoms with E-state index in [-0.39, 0.29) is 0 Å². The molecule has 0 radical (unpaired) electrons. The molecule has 0 amide bonds. The largest absolute Gasteiger partial charge is 0.112 e. The van der Waals surface area contributed by atoms with Crippen LogP contribution in [0.3, 0.4) is 0 Å². The Morgan fingerprint density at radius 1 is 0.654 bits per heavy atom. The molecule has 3 aromatic rings. The van der Waals surface area contributed by atoms with Crippen LogP contribution in [0.25, 0.3) is 0 Å². The molecule has 0 nitrogen and oxygen atoms in total. The average Bonchev–Trinajstić information content (AvgIpc) is 2.72. The van der Waals surface area contributed by atoms with Crippen LogP contribution >= 0.6 is 45.5 Å². The minimum absolute atomic E-state index is 1.23. The molecule has 0 aliphatic heterocycles. The molecule has 0 aliphatic rings. The van der Waals surface area contributed by atoms with Gasteiger partial charge in [-0.1, -0.05) is 67.9 Å². The molecule has 0 saturated carbocycles. The van der Waals surface area contributed by atoms with Crippen LogP contribution in [0.2, 0.25) is 0 Å². The quantitative estimate of drug-likeness (QED) is 0.318. The summed E-state index contributed by atoms with van der Waals surface area (Å²) in [6.45, 7) is 2.29. The molecule has 0 fully saturated rings. The van der Waals surface area contributed by atoms with Crippen LogP contribution in [-0.4, -0.2) is 6.16 Å². The van der Waals surface area contributed by atoms with E-state index in [0.29, 0.717) is 0 Å². The Balaban J connectivity index is 0.000000758. The Hall–Kier alpha value is -0.600. The fraction of sp³-hybridized carbons (Fsp3) is 0.182. The van der Waals surface area contributed by atoms with Crippen molar-refractivity contribution in [3.05, 3.63) is 91.0 Å². The van der Waals surface area contributed by atoms with E-state index in [4.69, 9.17) is 0 Å². The third kappa shape index (κ3) is 5.45. The van der Waals surface area contributed by atoms with Crippen LogP contribution in [0.5, 0.6) is 0 Å². The van der Waals surface area contributed by atoms with Crippen LogP contribution in [0.15, 0.2) is 91.0 Å². The summed E-state index contributed by atoms with van der Waals surface area (Å²) in [6.07, 6.45) is 3.72. The van der Waals surface area contributed by atoms with Gasteiger partial charge in [0, 0.05) is 29.6 Å². The molecular formula is C22H24Br2PS+. The molecule has 0 N–H and O–H groups in total. The van der Waals surface area contributed by atoms with Crippen molar-refractivity contribution in [1.29, 1.82) is 0 Å². The van der Waals surface area contributed by atoms with Gasteiger partial charge in [-0.3, -0.25) is 0 Å². The standard InChI is InChI=1S/C22H24P.Br2S/c1-2-3-19-23(20-13-7-4-8-14-20,21-15-9-5-10-16-21)22-17-11-6-12-18-22;1-3-2/h4-18H,2-3,19H2,1H3;/q+1;. The molecule has 3 rings (SSSR count). The first kappa shape index (κ1) is 21.7. The minimum Gasteiger partial charge on any atom is -0.0652 e. The fourth-order valence-electron chi connectivity index (χ4n) is 3.28. The zero-order valence-electron chi connectivity index (χ0n) is 14.9. The maximum absolute atomic E-state index is 2.98. The van der Waals surface area contributed by atoms with Crippen molar-refractivity contribution < 1.29 is 0 Å². The summed E-state index contributed by atoms with van der Waals surface area (Å²) in [4.78, 5) is 0. The number of hydrogen-bond donors (Lipinski definition) is 0. The first-order chi connectivity index (χ1) is 12.8. The van der Waals surface area contributed by atoms with Crippen LogP contribution in [0.1, 0.15) is 19.8 Å². The molecular weight excluding hydrogens is 487 g/mol. The van der Waals surface area contributed by atoms with Crippen molar-refractivity contribution in [2.24, 2.45) is 0 Å². The normalized spacial score (nSPS) is 10.7. The molecule has 0 aliphatic carbocycles. The number of halogens is 2. The van der Waals surface area contributed by atoms with E-state index in [1.807, 2.05) is 0 Å². The predicted octanol–water partition coefficient (Wildman–Crippen LogP) is 7.12. The lowest BCUT2D eigenvalue weighted by atomic mass is 10.3. The highest BCUT2D eigenvalue weighted by atomic mass is 79.9. The summed E-state index contributed by atoms with van der Waals surface area (Å²) >= 11 is 5.96. The van der Waals surface area contributed by atoms with Gasteiger partial charge in [-0.25, -0.2) is 0 Å². The Morgan fingerprint density at radius 3 is 1.23 bits per heavy atom. The zero-order valence-corrected chi connectivity index (χ0v) is 19.8. The highest BCUT2D eigenvalue weighted by molar-refractivity contribution is 9.82. The van der Waals surface area contributed by atoms with Gasteiger partial charge in [-0.15, -0.1) is 0 Å². The van der Waals surface area contributed by atoms with Crippen molar-refractivity contribution in [2.45, 2.75) is 19.8 Å². The van der Waals surface area contributed by atoms with E-state index in [1.165, 1.54) is 43.5 Å². The molecule has 0 atom stereocenters. The molecule has 0 saturated heterocycles. The minimum atomic E-state index is -1.57. The number of rotatable bonds is 6. The lowest BCUT2D eigenvalue weighted by Crippen LogP contribution is -2.33. The van der Waals surface area contributed by atoms with Crippen LogP contribution in [0, 0.1) is 0 Å². The molecule has 26 heavy (non-hydrogen) atoms. The Morgan fingerprint density at radius 2 is 0.962 bits per heavy atom. The maximum Gasteiger partial charge on any atom is 0.112 e. The Labute approximate surface area is 177 Å². The van der Waals surface area contributed by atoms with Gasteiger partial charge in [-0.05, 0) is 51.4 Å². The topological polar surface area (TPSA) is 0 Å². The summed E-state index contributed by atoms with van der Waals surface area (Å²) in [5.74, 6) is 0. The van der Waals surface area contributed by atoms with Gasteiger partial charge in [0.2, 0.25) is 0 Å². The average molecular weight is 511 g/mol. The van der Waals surface area contributed by atoms with E-state index in [9.17, 15) is 0 Å². The Bertz CT molecular complexity index is 639. The van der Waals surface area contributed by atoms with Gasteiger partial charge in [0.05, 0.1) is 6.16 Å². The van der Waals surface area contributed by atoms with E-state index >= 15 is 0 Å². The first-order valence-electron chi connectivity index (χ1n) is 8.73. The predicted molar refractivity (Wildman–Crippen MR) is 130 cm³/mol. The van der Waals surface area contributed by atoms with E-state index in [0.717, 1.165) is 0 Å². The summed E-state index contributed by atoms with van der Waals surface area (Å²) in [7, 11) is -0.195. The van der Waals surface area contributed by atoms with E-state index in [2.05, 4.69) is 128 Å². The smallest absolute Gasteiger partial charge is 0.0652 e. The van der Waals surface area contributed by atoms with Gasteiger partial charge >= 0.3 is 0 Å². The first-order valence-corrected chi connectivity index (χ1v) is 15.2. The molecule has 136 valence electrons. The molecule has 0 bridgehead atoms. The van der Waals surface area contributed by atoms with Crippen molar-refractivity contribution in [3.63, 3.8) is 0 Å². The number of unbranched alkanes of at least 4 members (excludes halogenated alkanes) is 1. The summed E-state index contributed by atoms with van der Waals surface area (Å²) < 4.78 is 0. The van der Waals surface area contributed by atoms with Crippen molar-refractivity contribution in [3.8, 4) is 0 Å². The van der Waals surface area contributed by atoms with Gasteiger partial charge in [0.1, 0.15) is 23.2 Å². The number of benzene rings is 3. The Kier molecular flexibility index (Phi) is 9.99. The zero-order chi connectivity index (χ0) is 18.7. The molecule has 0 spiro atoms. The van der Waals surface area contributed by atoms with E-state index < -0.39 is 7.26 Å². The fourth-order valence-corrected chi connectivity index (χ4v) is 7.78.